The monoisotopic (exact) mass is 161 g/mol. The summed E-state index contributed by atoms with van der Waals surface area (Å²) in [5.41, 5.74) is 5.92. The van der Waals surface area contributed by atoms with Gasteiger partial charge in [0.2, 0.25) is 0 Å². The molecular weight excluding hydrogens is 156 g/mol. The Morgan fingerprint density at radius 1 is 1.67 bits per heavy atom. The van der Waals surface area contributed by atoms with E-state index in [1.807, 2.05) is 0 Å². The van der Waals surface area contributed by atoms with Crippen LogP contribution in [0.3, 0.4) is 0 Å². The third kappa shape index (κ3) is 1.50. The molecule has 0 saturated carbocycles. The van der Waals surface area contributed by atoms with Crippen LogP contribution in [0.15, 0.2) is 6.20 Å². The molecular formula is C4H5ClN3P. The summed E-state index contributed by atoms with van der Waals surface area (Å²) >= 11 is 5.47. The molecule has 9 heavy (non-hydrogen) atoms. The van der Waals surface area contributed by atoms with Crippen molar-refractivity contribution in [3.8, 4) is 0 Å². The summed E-state index contributed by atoms with van der Waals surface area (Å²) < 4.78 is 0. The van der Waals surface area contributed by atoms with E-state index in [1.165, 1.54) is 6.20 Å². The molecule has 0 saturated heterocycles. The summed E-state index contributed by atoms with van der Waals surface area (Å²) in [6.07, 6.45) is 1.41. The van der Waals surface area contributed by atoms with Crippen LogP contribution in [0.2, 0.25) is 5.15 Å². The normalized spacial score (nSPS) is 9.56. The number of aromatic nitrogens is 2. The van der Waals surface area contributed by atoms with Crippen LogP contribution in [0.25, 0.3) is 0 Å². The Hall–Kier alpha value is -0.400. The minimum Gasteiger partial charge on any atom is -0.382 e. The second kappa shape index (κ2) is 2.46. The van der Waals surface area contributed by atoms with E-state index in [4.69, 9.17) is 17.3 Å². The summed E-state index contributed by atoms with van der Waals surface area (Å²) in [5.74, 6) is 0.393. The number of nitrogens with zero attached hydrogens (tertiary/aromatic N) is 2. The molecule has 0 aliphatic rings. The molecule has 0 aliphatic carbocycles. The lowest BCUT2D eigenvalue weighted by atomic mass is 10.7. The van der Waals surface area contributed by atoms with Crippen molar-refractivity contribution in [2.24, 2.45) is 0 Å². The van der Waals surface area contributed by atoms with Crippen LogP contribution in [0.1, 0.15) is 0 Å². The van der Waals surface area contributed by atoms with E-state index in [-0.39, 0.29) is 0 Å². The van der Waals surface area contributed by atoms with E-state index in [0.717, 1.165) is 0 Å². The molecule has 0 amide bonds. The second-order valence-corrected chi connectivity index (χ2v) is 2.40. The second-order valence-electron chi connectivity index (χ2n) is 1.46. The zero-order valence-corrected chi connectivity index (χ0v) is 6.42. The van der Waals surface area contributed by atoms with Gasteiger partial charge in [0.15, 0.2) is 0 Å². The SMILES string of the molecule is Nc1ncc(Cl)nc1P. The van der Waals surface area contributed by atoms with Gasteiger partial charge < -0.3 is 5.73 Å². The maximum absolute atomic E-state index is 5.47. The summed E-state index contributed by atoms with van der Waals surface area (Å²) in [7, 11) is 2.34. The van der Waals surface area contributed by atoms with Crippen molar-refractivity contribution in [1.82, 2.24) is 9.97 Å². The first-order valence-electron chi connectivity index (χ1n) is 2.23. The van der Waals surface area contributed by atoms with Crippen molar-refractivity contribution in [2.45, 2.75) is 0 Å². The molecule has 0 aliphatic heterocycles. The minimum atomic E-state index is 0.356. The first-order chi connectivity index (χ1) is 4.20. The van der Waals surface area contributed by atoms with Gasteiger partial charge in [-0.05, 0) is 0 Å². The zero-order chi connectivity index (χ0) is 6.85. The van der Waals surface area contributed by atoms with Gasteiger partial charge in [0.25, 0.3) is 0 Å². The highest BCUT2D eigenvalue weighted by Gasteiger charge is 1.94. The Morgan fingerprint density at radius 2 is 2.33 bits per heavy atom. The summed E-state index contributed by atoms with van der Waals surface area (Å²) in [5, 5.41) is 0.356. The molecule has 0 aromatic carbocycles. The average Bonchev–Trinajstić information content (AvgIpc) is 1.80. The summed E-state index contributed by atoms with van der Waals surface area (Å²) in [4.78, 5) is 7.55. The lowest BCUT2D eigenvalue weighted by molar-refractivity contribution is 1.25. The lowest BCUT2D eigenvalue weighted by Crippen LogP contribution is -2.07. The molecule has 3 nitrogen and oxygen atoms in total. The lowest BCUT2D eigenvalue weighted by Gasteiger charge is -1.94. The predicted octanol–water partition coefficient (Wildman–Crippen LogP) is 0.213. The van der Waals surface area contributed by atoms with Gasteiger partial charge in [0, 0.05) is 0 Å². The maximum Gasteiger partial charge on any atom is 0.149 e. The Balaban J connectivity index is 3.17. The number of hydrogen-bond acceptors (Lipinski definition) is 3. The van der Waals surface area contributed by atoms with Crippen LogP contribution in [-0.4, -0.2) is 9.97 Å². The van der Waals surface area contributed by atoms with E-state index in [2.05, 4.69) is 19.2 Å². The van der Waals surface area contributed by atoms with Crippen LogP contribution in [0, 0.1) is 0 Å². The number of nitrogens with two attached hydrogens (primary N) is 1. The molecule has 1 aromatic heterocycles. The van der Waals surface area contributed by atoms with Crippen molar-refractivity contribution in [3.63, 3.8) is 0 Å². The maximum atomic E-state index is 5.47. The van der Waals surface area contributed by atoms with Crippen molar-refractivity contribution < 1.29 is 0 Å². The first kappa shape index (κ1) is 6.72. The van der Waals surface area contributed by atoms with Crippen LogP contribution in [0.5, 0.6) is 0 Å². The highest BCUT2D eigenvalue weighted by Crippen LogP contribution is 2.02. The van der Waals surface area contributed by atoms with Crippen LogP contribution >= 0.6 is 20.8 Å². The topological polar surface area (TPSA) is 51.8 Å². The Morgan fingerprint density at radius 3 is 2.78 bits per heavy atom. The van der Waals surface area contributed by atoms with Gasteiger partial charge in [-0.1, -0.05) is 20.8 Å². The average molecular weight is 162 g/mol. The molecule has 0 spiro atoms. The number of anilines is 1. The van der Waals surface area contributed by atoms with E-state index < -0.39 is 0 Å². The molecule has 0 radical (unpaired) electrons. The van der Waals surface area contributed by atoms with Gasteiger partial charge in [-0.15, -0.1) is 0 Å². The highest BCUT2D eigenvalue weighted by atomic mass is 35.5. The van der Waals surface area contributed by atoms with Gasteiger partial charge in [-0.25, -0.2) is 9.97 Å². The first-order valence-corrected chi connectivity index (χ1v) is 3.19. The van der Waals surface area contributed by atoms with Gasteiger partial charge in [-0.3, -0.25) is 0 Å². The standard InChI is InChI=1S/C4H5ClN3P/c5-2-1-7-3(6)4(9)8-2/h1H,9H2,(H2,6,7). The molecule has 1 aromatic rings. The van der Waals surface area contributed by atoms with Gasteiger partial charge in [0.1, 0.15) is 16.4 Å². The number of nitrogen functional groups attached to an aromatic ring is 1. The van der Waals surface area contributed by atoms with Crippen molar-refractivity contribution in [2.75, 3.05) is 5.73 Å². The molecule has 1 unspecified atom stereocenters. The molecule has 5 heteroatoms. The molecule has 0 fully saturated rings. The molecule has 48 valence electrons. The van der Waals surface area contributed by atoms with Crippen LogP contribution < -0.4 is 11.2 Å². The Kier molecular flexibility index (Phi) is 1.84. The Bertz CT molecular complexity index is 227. The predicted molar refractivity (Wildman–Crippen MR) is 40.8 cm³/mol. The smallest absolute Gasteiger partial charge is 0.149 e. The largest absolute Gasteiger partial charge is 0.382 e. The summed E-state index contributed by atoms with van der Waals surface area (Å²) in [6, 6.07) is 0. The van der Waals surface area contributed by atoms with Gasteiger partial charge >= 0.3 is 0 Å². The molecule has 1 heterocycles. The third-order valence-electron chi connectivity index (χ3n) is 0.800. The van der Waals surface area contributed by atoms with Crippen LogP contribution in [0.4, 0.5) is 5.82 Å². The fourth-order valence-electron chi connectivity index (χ4n) is 0.390. The van der Waals surface area contributed by atoms with E-state index in [0.29, 0.717) is 16.4 Å². The molecule has 1 rings (SSSR count). The molecule has 2 N–H and O–H groups in total. The number of halogens is 1. The van der Waals surface area contributed by atoms with Gasteiger partial charge in [-0.2, -0.15) is 0 Å². The van der Waals surface area contributed by atoms with E-state index >= 15 is 0 Å². The summed E-state index contributed by atoms with van der Waals surface area (Å²) in [6.45, 7) is 0. The quantitative estimate of drug-likeness (QED) is 0.554. The number of hydrogen-bond donors (Lipinski definition) is 1. The van der Waals surface area contributed by atoms with Crippen molar-refractivity contribution >= 4 is 32.1 Å². The number of rotatable bonds is 0. The van der Waals surface area contributed by atoms with Crippen molar-refractivity contribution in [3.05, 3.63) is 11.3 Å². The molecule has 1 atom stereocenters. The van der Waals surface area contributed by atoms with E-state index in [9.17, 15) is 0 Å². The third-order valence-corrected chi connectivity index (χ3v) is 1.41. The van der Waals surface area contributed by atoms with Crippen molar-refractivity contribution in [1.29, 1.82) is 0 Å². The Labute approximate surface area is 59.8 Å². The fraction of sp³-hybridized carbons (Fsp3) is 0. The fourth-order valence-corrected chi connectivity index (χ4v) is 0.825. The van der Waals surface area contributed by atoms with Crippen LogP contribution in [-0.2, 0) is 0 Å². The minimum absolute atomic E-state index is 0.356. The van der Waals surface area contributed by atoms with E-state index in [1.54, 1.807) is 0 Å². The zero-order valence-electron chi connectivity index (χ0n) is 4.50. The highest BCUT2D eigenvalue weighted by molar-refractivity contribution is 7.27. The molecule has 0 bridgehead atoms. The van der Waals surface area contributed by atoms with Gasteiger partial charge in [0.05, 0.1) is 6.20 Å².